The number of nitrogens with two attached hydrogens (primary N) is 1. The van der Waals surface area contributed by atoms with Crippen LogP contribution in [0.1, 0.15) is 20.3 Å². The summed E-state index contributed by atoms with van der Waals surface area (Å²) in [5.41, 5.74) is 7.94. The number of nitrogens with one attached hydrogen (secondary N) is 1. The molecule has 0 radical (unpaired) electrons. The maximum atomic E-state index is 6.18. The zero-order valence-corrected chi connectivity index (χ0v) is 12.2. The summed E-state index contributed by atoms with van der Waals surface area (Å²) in [5.74, 6) is 0.590. The zero-order chi connectivity index (χ0) is 14.4. The Balaban J connectivity index is 1.86. The fraction of sp³-hybridized carbons (Fsp3) is 0.438. The van der Waals surface area contributed by atoms with Crippen LogP contribution < -0.4 is 11.1 Å². The van der Waals surface area contributed by atoms with Gasteiger partial charge in [-0.1, -0.05) is 19.9 Å². The van der Waals surface area contributed by atoms with E-state index in [-0.39, 0.29) is 0 Å². The van der Waals surface area contributed by atoms with Gasteiger partial charge < -0.3 is 15.8 Å². The molecule has 0 aliphatic rings. The summed E-state index contributed by atoms with van der Waals surface area (Å²) in [7, 11) is 0. The Morgan fingerprint density at radius 1 is 1.30 bits per heavy atom. The first-order chi connectivity index (χ1) is 9.68. The zero-order valence-electron chi connectivity index (χ0n) is 12.2. The molecule has 0 atom stereocenters. The highest BCUT2D eigenvalue weighted by molar-refractivity contribution is 5.98. The summed E-state index contributed by atoms with van der Waals surface area (Å²) in [5, 5.41) is 5.48. The maximum Gasteiger partial charge on any atom is 0.0630 e. The van der Waals surface area contributed by atoms with E-state index in [1.165, 1.54) is 0 Å². The second-order valence-corrected chi connectivity index (χ2v) is 5.37. The lowest BCUT2D eigenvalue weighted by Gasteiger charge is -2.12. The second kappa shape index (κ2) is 7.10. The lowest BCUT2D eigenvalue weighted by molar-refractivity contribution is 0.110. The Labute approximate surface area is 120 Å². The third-order valence-electron chi connectivity index (χ3n) is 3.09. The van der Waals surface area contributed by atoms with Crippen LogP contribution in [0, 0.1) is 5.92 Å². The molecule has 0 amide bonds. The number of rotatable bonds is 7. The van der Waals surface area contributed by atoms with E-state index in [1.807, 2.05) is 24.4 Å². The number of hydrogen-bond donors (Lipinski definition) is 2. The summed E-state index contributed by atoms with van der Waals surface area (Å²) in [6, 6.07) is 5.99. The van der Waals surface area contributed by atoms with Gasteiger partial charge in [-0.25, -0.2) is 0 Å². The van der Waals surface area contributed by atoms with Crippen molar-refractivity contribution in [2.24, 2.45) is 5.92 Å². The molecular formula is C16H23N3O. The van der Waals surface area contributed by atoms with E-state index in [9.17, 15) is 0 Å². The minimum Gasteiger partial charge on any atom is -0.397 e. The van der Waals surface area contributed by atoms with Crippen LogP contribution in [-0.2, 0) is 4.74 Å². The Hall–Kier alpha value is -1.81. The predicted molar refractivity (Wildman–Crippen MR) is 84.9 cm³/mol. The lowest BCUT2D eigenvalue weighted by Crippen LogP contribution is -2.09. The number of pyridine rings is 1. The first kappa shape index (κ1) is 14.6. The minimum absolute atomic E-state index is 0.590. The van der Waals surface area contributed by atoms with Crippen molar-refractivity contribution in [1.29, 1.82) is 0 Å². The summed E-state index contributed by atoms with van der Waals surface area (Å²) in [4.78, 5) is 4.10. The van der Waals surface area contributed by atoms with E-state index >= 15 is 0 Å². The van der Waals surface area contributed by atoms with E-state index in [1.54, 1.807) is 6.20 Å². The molecule has 0 unspecified atom stereocenters. The molecule has 20 heavy (non-hydrogen) atoms. The normalized spacial score (nSPS) is 11.2. The molecule has 108 valence electrons. The van der Waals surface area contributed by atoms with Crippen molar-refractivity contribution in [2.75, 3.05) is 30.8 Å². The van der Waals surface area contributed by atoms with Crippen molar-refractivity contribution in [1.82, 2.24) is 4.98 Å². The molecule has 2 aromatic rings. The topological polar surface area (TPSA) is 60.2 Å². The molecule has 2 rings (SSSR count). The summed E-state index contributed by atoms with van der Waals surface area (Å²) < 4.78 is 5.55. The number of ether oxygens (including phenoxy) is 1. The van der Waals surface area contributed by atoms with E-state index in [4.69, 9.17) is 10.5 Å². The lowest BCUT2D eigenvalue weighted by atomic mass is 10.1. The van der Waals surface area contributed by atoms with Crippen molar-refractivity contribution in [2.45, 2.75) is 20.3 Å². The molecule has 0 saturated carbocycles. The first-order valence-corrected chi connectivity index (χ1v) is 7.12. The van der Waals surface area contributed by atoms with Crippen LogP contribution in [0.5, 0.6) is 0 Å². The van der Waals surface area contributed by atoms with E-state index in [0.29, 0.717) is 5.92 Å². The van der Waals surface area contributed by atoms with Crippen LogP contribution in [-0.4, -0.2) is 24.7 Å². The number of nitrogens with zero attached hydrogens (tertiary/aromatic N) is 1. The molecule has 0 aliphatic carbocycles. The molecule has 0 aliphatic heterocycles. The molecule has 1 aromatic heterocycles. The van der Waals surface area contributed by atoms with Crippen LogP contribution in [0.3, 0.4) is 0 Å². The monoisotopic (exact) mass is 273 g/mol. The summed E-state index contributed by atoms with van der Waals surface area (Å²) in [6.45, 7) is 6.78. The number of anilines is 2. The van der Waals surface area contributed by atoms with Crippen LogP contribution in [0.15, 0.2) is 30.6 Å². The van der Waals surface area contributed by atoms with Crippen molar-refractivity contribution in [3.63, 3.8) is 0 Å². The summed E-state index contributed by atoms with van der Waals surface area (Å²) >= 11 is 0. The average molecular weight is 273 g/mol. The third-order valence-corrected chi connectivity index (χ3v) is 3.09. The van der Waals surface area contributed by atoms with E-state index < -0.39 is 0 Å². The molecule has 0 fully saturated rings. The highest BCUT2D eigenvalue weighted by Gasteiger charge is 2.03. The quantitative estimate of drug-likeness (QED) is 0.600. The van der Waals surface area contributed by atoms with Gasteiger partial charge in [-0.2, -0.15) is 0 Å². The summed E-state index contributed by atoms with van der Waals surface area (Å²) in [6.07, 6.45) is 4.57. The Morgan fingerprint density at radius 3 is 2.95 bits per heavy atom. The number of benzene rings is 1. The number of fused-ring (bicyclic) bond motifs is 1. The highest BCUT2D eigenvalue weighted by Crippen LogP contribution is 2.27. The molecule has 4 nitrogen and oxygen atoms in total. The number of aromatic nitrogens is 1. The van der Waals surface area contributed by atoms with Crippen molar-refractivity contribution in [3.8, 4) is 0 Å². The smallest absolute Gasteiger partial charge is 0.0630 e. The van der Waals surface area contributed by atoms with Gasteiger partial charge in [0.05, 0.1) is 11.4 Å². The van der Waals surface area contributed by atoms with Gasteiger partial charge in [-0.05, 0) is 24.5 Å². The fourth-order valence-corrected chi connectivity index (χ4v) is 2.06. The van der Waals surface area contributed by atoms with Gasteiger partial charge in [0, 0.05) is 42.9 Å². The van der Waals surface area contributed by atoms with Gasteiger partial charge in [0.15, 0.2) is 0 Å². The van der Waals surface area contributed by atoms with E-state index in [0.717, 1.165) is 48.3 Å². The molecule has 1 heterocycles. The van der Waals surface area contributed by atoms with Gasteiger partial charge >= 0.3 is 0 Å². The molecule has 3 N–H and O–H groups in total. The van der Waals surface area contributed by atoms with Gasteiger partial charge in [-0.15, -0.1) is 0 Å². The van der Waals surface area contributed by atoms with Crippen LogP contribution in [0.4, 0.5) is 11.4 Å². The Kier molecular flexibility index (Phi) is 5.18. The molecule has 0 spiro atoms. The third kappa shape index (κ3) is 3.84. The minimum atomic E-state index is 0.590. The molecule has 0 bridgehead atoms. The molecule has 4 heteroatoms. The number of hydrogen-bond acceptors (Lipinski definition) is 4. The largest absolute Gasteiger partial charge is 0.397 e. The second-order valence-electron chi connectivity index (χ2n) is 5.37. The van der Waals surface area contributed by atoms with Gasteiger partial charge in [-0.3, -0.25) is 4.98 Å². The van der Waals surface area contributed by atoms with Crippen molar-refractivity contribution < 1.29 is 4.74 Å². The van der Waals surface area contributed by atoms with Crippen molar-refractivity contribution in [3.05, 3.63) is 30.6 Å². The average Bonchev–Trinajstić information content (AvgIpc) is 2.45. The molecule has 0 saturated heterocycles. The van der Waals surface area contributed by atoms with Gasteiger partial charge in [0.1, 0.15) is 0 Å². The highest BCUT2D eigenvalue weighted by atomic mass is 16.5. The van der Waals surface area contributed by atoms with Gasteiger partial charge in [0.25, 0.3) is 0 Å². The number of nitrogen functional groups attached to an aromatic ring is 1. The van der Waals surface area contributed by atoms with Crippen LogP contribution >= 0.6 is 0 Å². The fourth-order valence-electron chi connectivity index (χ4n) is 2.06. The van der Waals surface area contributed by atoms with Crippen LogP contribution in [0.2, 0.25) is 0 Å². The van der Waals surface area contributed by atoms with Crippen molar-refractivity contribution >= 4 is 22.1 Å². The molecular weight excluding hydrogens is 250 g/mol. The Bertz CT molecular complexity index is 554. The Morgan fingerprint density at radius 2 is 2.15 bits per heavy atom. The molecule has 1 aromatic carbocycles. The maximum absolute atomic E-state index is 6.18. The SMILES string of the molecule is CC(C)COCCCNc1ccc2cnccc2c1N. The van der Waals surface area contributed by atoms with E-state index in [2.05, 4.69) is 24.1 Å². The predicted octanol–water partition coefficient (Wildman–Crippen LogP) is 3.29. The van der Waals surface area contributed by atoms with Gasteiger partial charge in [0.2, 0.25) is 0 Å². The standard InChI is InChI=1S/C16H23N3O/c1-12(2)11-20-9-3-7-19-15-5-4-13-10-18-8-6-14(13)16(15)17/h4-6,8,10,12,19H,3,7,9,11,17H2,1-2H3. The van der Waals surface area contributed by atoms with Crippen LogP contribution in [0.25, 0.3) is 10.8 Å². The first-order valence-electron chi connectivity index (χ1n) is 7.12.